The van der Waals surface area contributed by atoms with Crippen LogP contribution in [-0.4, -0.2) is 34.2 Å². The van der Waals surface area contributed by atoms with Crippen molar-refractivity contribution in [3.63, 3.8) is 0 Å². The van der Waals surface area contributed by atoms with E-state index in [4.69, 9.17) is 5.73 Å². The molecule has 3 aromatic rings. The molecule has 8 nitrogen and oxygen atoms in total. The van der Waals surface area contributed by atoms with Gasteiger partial charge in [-0.25, -0.2) is 0 Å². The fourth-order valence-electron chi connectivity index (χ4n) is 4.85. The summed E-state index contributed by atoms with van der Waals surface area (Å²) in [4.78, 5) is 27.4. The van der Waals surface area contributed by atoms with Gasteiger partial charge >= 0.3 is 0 Å². The zero-order chi connectivity index (χ0) is 27.4. The summed E-state index contributed by atoms with van der Waals surface area (Å²) in [5.74, 6) is -0.178. The molecular weight excluding hydrogens is 596 g/mol. The minimum absolute atomic E-state index is 0.00791. The van der Waals surface area contributed by atoms with Crippen LogP contribution >= 0.6 is 39.0 Å². The number of nitrogens with zero attached hydrogens (tertiary/aromatic N) is 4. The van der Waals surface area contributed by atoms with Crippen molar-refractivity contribution >= 4 is 55.9 Å². The summed E-state index contributed by atoms with van der Waals surface area (Å²) in [7, 11) is 0. The molecule has 1 atom stereocenters. The van der Waals surface area contributed by atoms with Gasteiger partial charge in [0.05, 0.1) is 23.3 Å². The van der Waals surface area contributed by atoms with Crippen LogP contribution in [0.5, 0.6) is 0 Å². The van der Waals surface area contributed by atoms with E-state index in [1.807, 2.05) is 54.6 Å². The summed E-state index contributed by atoms with van der Waals surface area (Å²) in [6, 6.07) is 19.8. The maximum absolute atomic E-state index is 13.3. The summed E-state index contributed by atoms with van der Waals surface area (Å²) < 4.78 is 1.41. The molecular formula is C28H25BrN6O2S2. The number of rotatable bonds is 8. The number of anilines is 1. The fourth-order valence-corrected chi connectivity index (χ4v) is 7.07. The van der Waals surface area contributed by atoms with Crippen molar-refractivity contribution < 1.29 is 9.59 Å². The lowest BCUT2D eigenvalue weighted by Gasteiger charge is -2.38. The largest absolute Gasteiger partial charge is 0.384 e. The highest BCUT2D eigenvalue weighted by atomic mass is 79.9. The van der Waals surface area contributed by atoms with Gasteiger partial charge in [-0.2, -0.15) is 5.26 Å². The average Bonchev–Trinajstić information content (AvgIpc) is 3.41. The quantitative estimate of drug-likeness (QED) is 0.335. The molecule has 39 heavy (non-hydrogen) atoms. The Balaban J connectivity index is 1.35. The van der Waals surface area contributed by atoms with E-state index >= 15 is 0 Å². The molecule has 0 saturated carbocycles. The van der Waals surface area contributed by atoms with Gasteiger partial charge in [-0.1, -0.05) is 87.6 Å². The Morgan fingerprint density at radius 1 is 1.18 bits per heavy atom. The first kappa shape index (κ1) is 27.1. The lowest BCUT2D eigenvalue weighted by atomic mass is 9.76. The van der Waals surface area contributed by atoms with Crippen molar-refractivity contribution in [3.05, 3.63) is 92.9 Å². The molecule has 0 fully saturated rings. The summed E-state index contributed by atoms with van der Waals surface area (Å²) in [6.07, 6.45) is 2.50. The Labute approximate surface area is 243 Å². The highest BCUT2D eigenvalue weighted by Gasteiger charge is 2.41. The lowest BCUT2D eigenvalue weighted by molar-refractivity contribution is -0.118. The van der Waals surface area contributed by atoms with Gasteiger partial charge < -0.3 is 11.1 Å². The predicted molar refractivity (Wildman–Crippen MR) is 156 cm³/mol. The van der Waals surface area contributed by atoms with Crippen LogP contribution in [0.25, 0.3) is 0 Å². The standard InChI is InChI=1S/C28H25BrN6O2S2/c29-20-10-5-4-9-18(20)24-19(15-30)26(31)35(21-11-6-12-22(36)25(21)24)27-33-34-28(39-27)38-16-23(37)32-14-13-17-7-2-1-3-8-17/h1-5,7-10,24H,6,11-14,16,31H2,(H,32,37). The second-order valence-electron chi connectivity index (χ2n) is 9.06. The number of benzene rings is 2. The van der Waals surface area contributed by atoms with E-state index in [-0.39, 0.29) is 23.3 Å². The molecule has 1 amide bonds. The maximum Gasteiger partial charge on any atom is 0.230 e. The third-order valence-corrected chi connectivity index (χ3v) is 9.39. The lowest BCUT2D eigenvalue weighted by Crippen LogP contribution is -2.38. The van der Waals surface area contributed by atoms with Crippen molar-refractivity contribution in [3.8, 4) is 6.07 Å². The minimum atomic E-state index is -0.550. The third kappa shape index (κ3) is 5.78. The first-order valence-corrected chi connectivity index (χ1v) is 15.0. The first-order chi connectivity index (χ1) is 19.0. The Kier molecular flexibility index (Phi) is 8.45. The molecule has 0 radical (unpaired) electrons. The molecule has 0 saturated heterocycles. The Morgan fingerprint density at radius 2 is 1.95 bits per heavy atom. The summed E-state index contributed by atoms with van der Waals surface area (Å²) >= 11 is 6.16. The molecule has 198 valence electrons. The monoisotopic (exact) mass is 620 g/mol. The number of amides is 1. The normalized spacial score (nSPS) is 17.2. The number of carbonyl (C=O) groups excluding carboxylic acids is 2. The van der Waals surface area contributed by atoms with Crippen LogP contribution in [0.3, 0.4) is 0 Å². The van der Waals surface area contributed by atoms with Gasteiger partial charge in [-0.15, -0.1) is 10.2 Å². The Morgan fingerprint density at radius 3 is 2.72 bits per heavy atom. The molecule has 1 unspecified atom stereocenters. The number of carbonyl (C=O) groups is 2. The van der Waals surface area contributed by atoms with Crippen LogP contribution in [0.4, 0.5) is 5.13 Å². The van der Waals surface area contributed by atoms with Crippen molar-refractivity contribution in [1.29, 1.82) is 5.26 Å². The second kappa shape index (κ2) is 12.2. The number of allylic oxidation sites excluding steroid dienone is 3. The van der Waals surface area contributed by atoms with E-state index in [0.717, 1.165) is 22.2 Å². The molecule has 0 spiro atoms. The number of halogens is 1. The van der Waals surface area contributed by atoms with Crippen LogP contribution in [0.15, 0.2) is 86.1 Å². The van der Waals surface area contributed by atoms with E-state index in [9.17, 15) is 14.9 Å². The maximum atomic E-state index is 13.3. The van der Waals surface area contributed by atoms with Crippen molar-refractivity contribution in [2.24, 2.45) is 5.73 Å². The second-order valence-corrected chi connectivity index (χ2v) is 12.1. The van der Waals surface area contributed by atoms with Gasteiger partial charge in [0.2, 0.25) is 11.0 Å². The van der Waals surface area contributed by atoms with Gasteiger partial charge in [-0.3, -0.25) is 14.5 Å². The van der Waals surface area contributed by atoms with E-state index < -0.39 is 5.92 Å². The molecule has 1 aliphatic carbocycles. The van der Waals surface area contributed by atoms with E-state index in [0.29, 0.717) is 46.4 Å². The predicted octanol–water partition coefficient (Wildman–Crippen LogP) is 5.06. The molecule has 2 aromatic carbocycles. The van der Waals surface area contributed by atoms with Crippen LogP contribution in [0.1, 0.15) is 36.3 Å². The van der Waals surface area contributed by atoms with Gasteiger partial charge in [-0.05, 0) is 36.5 Å². The summed E-state index contributed by atoms with van der Waals surface area (Å²) in [5.41, 5.74) is 10.3. The van der Waals surface area contributed by atoms with Gasteiger partial charge in [0, 0.05) is 28.7 Å². The van der Waals surface area contributed by atoms with E-state index in [1.165, 1.54) is 28.7 Å². The number of nitrogens with two attached hydrogens (primary N) is 1. The molecule has 1 aromatic heterocycles. The summed E-state index contributed by atoms with van der Waals surface area (Å²) in [5, 5.41) is 22.2. The number of nitriles is 1. The van der Waals surface area contributed by atoms with Crippen molar-refractivity contribution in [2.45, 2.75) is 35.9 Å². The average molecular weight is 622 g/mol. The molecule has 2 aliphatic rings. The molecule has 2 heterocycles. The number of ketones is 1. The van der Waals surface area contributed by atoms with Crippen molar-refractivity contribution in [2.75, 3.05) is 17.2 Å². The Bertz CT molecular complexity index is 1510. The number of hydrogen-bond donors (Lipinski definition) is 2. The fraction of sp³-hybridized carbons (Fsp3) is 0.250. The highest BCUT2D eigenvalue weighted by molar-refractivity contribution is 9.10. The third-order valence-electron chi connectivity index (χ3n) is 6.62. The smallest absolute Gasteiger partial charge is 0.230 e. The van der Waals surface area contributed by atoms with Gasteiger partial charge in [0.25, 0.3) is 0 Å². The van der Waals surface area contributed by atoms with Crippen LogP contribution in [0, 0.1) is 11.3 Å². The summed E-state index contributed by atoms with van der Waals surface area (Å²) in [6.45, 7) is 0.556. The number of hydrogen-bond acceptors (Lipinski definition) is 9. The SMILES string of the molecule is N#CC1=C(N)N(c2nnc(SCC(=O)NCCc3ccccc3)s2)C2=C(C(=O)CCC2)C1c1ccccc1Br. The molecule has 0 bridgehead atoms. The van der Waals surface area contributed by atoms with Gasteiger partial charge in [0.15, 0.2) is 10.1 Å². The van der Waals surface area contributed by atoms with Crippen molar-refractivity contribution in [1.82, 2.24) is 15.5 Å². The molecule has 11 heteroatoms. The topological polar surface area (TPSA) is 125 Å². The van der Waals surface area contributed by atoms with E-state index in [1.54, 1.807) is 4.90 Å². The van der Waals surface area contributed by atoms with Crippen LogP contribution in [0.2, 0.25) is 0 Å². The first-order valence-electron chi connectivity index (χ1n) is 12.5. The molecule has 1 aliphatic heterocycles. The number of aromatic nitrogens is 2. The van der Waals surface area contributed by atoms with Crippen LogP contribution in [-0.2, 0) is 16.0 Å². The minimum Gasteiger partial charge on any atom is -0.384 e. The van der Waals surface area contributed by atoms with Gasteiger partial charge in [0.1, 0.15) is 5.82 Å². The zero-order valence-electron chi connectivity index (χ0n) is 20.9. The zero-order valence-corrected chi connectivity index (χ0v) is 24.1. The number of nitrogens with one attached hydrogen (secondary N) is 1. The Hall–Kier alpha value is -3.46. The highest BCUT2D eigenvalue weighted by Crippen LogP contribution is 2.48. The molecule has 3 N–H and O–H groups in total. The van der Waals surface area contributed by atoms with Crippen LogP contribution < -0.4 is 16.0 Å². The number of Topliss-reactive ketones (excluding diaryl/α,β-unsaturated/α-hetero) is 1. The molecule has 5 rings (SSSR count). The van der Waals surface area contributed by atoms with E-state index in [2.05, 4.69) is 37.5 Å². The number of thioether (sulfide) groups is 1.